The maximum absolute atomic E-state index is 13.1. The first-order chi connectivity index (χ1) is 18.8. The molecular weight excluding hydrogens is 553 g/mol. The lowest BCUT2D eigenvalue weighted by Gasteiger charge is -2.24. The number of nitrogens with zero attached hydrogens (tertiary/aromatic N) is 1. The van der Waals surface area contributed by atoms with E-state index in [4.69, 9.17) is 21.9 Å². The van der Waals surface area contributed by atoms with Crippen molar-refractivity contribution in [3.8, 4) is 5.75 Å². The number of benzene rings is 2. The first-order valence-corrected chi connectivity index (χ1v) is 14.0. The summed E-state index contributed by atoms with van der Waals surface area (Å²) in [5.74, 6) is -1.84. The molecule has 0 heterocycles. The van der Waals surface area contributed by atoms with E-state index in [0.717, 1.165) is 16.4 Å². The second-order valence-corrected chi connectivity index (χ2v) is 10.8. The van der Waals surface area contributed by atoms with Crippen LogP contribution in [0.2, 0.25) is 0 Å². The molecule has 2 rings (SSSR count). The third kappa shape index (κ3) is 10.1. The van der Waals surface area contributed by atoms with Gasteiger partial charge in [-0.25, -0.2) is 8.42 Å². The highest BCUT2D eigenvalue weighted by Gasteiger charge is 2.32. The predicted molar refractivity (Wildman–Crippen MR) is 145 cm³/mol. The van der Waals surface area contributed by atoms with Crippen LogP contribution in [-0.2, 0) is 32.2 Å². The molecule has 0 spiro atoms. The summed E-state index contributed by atoms with van der Waals surface area (Å²) in [6.45, 7) is 2.28. The number of hydrogen-bond donors (Lipinski definition) is 5. The van der Waals surface area contributed by atoms with Gasteiger partial charge in [0.15, 0.2) is 0 Å². The standard InChI is InChI=1S/C25H35F3N6O5S/c1-2-39-20-9-7-19(8-10-20)32-24(36)22(15-17-3-5-18(6-4-17)25(26,27)28)33-23(35)21(31)16-40(37,38)34(13-11-29)14-12-30/h3-10,21-22H,2,11-16,29-31H2,1H3,(H,32,36)(H,33,35). The average molecular weight is 589 g/mol. The predicted octanol–water partition coefficient (Wildman–Crippen LogP) is 0.647. The van der Waals surface area contributed by atoms with Gasteiger partial charge < -0.3 is 32.6 Å². The molecule has 0 aliphatic rings. The number of nitrogens with one attached hydrogen (secondary N) is 2. The number of halogens is 3. The second kappa shape index (κ2) is 14.9. The minimum Gasteiger partial charge on any atom is -0.494 e. The van der Waals surface area contributed by atoms with Crippen LogP contribution in [0, 0.1) is 0 Å². The fraction of sp³-hybridized carbons (Fsp3) is 0.440. The van der Waals surface area contributed by atoms with Crippen LogP contribution in [0.5, 0.6) is 5.75 Å². The van der Waals surface area contributed by atoms with Crippen LogP contribution in [0.1, 0.15) is 18.1 Å². The minimum absolute atomic E-state index is 0.0189. The van der Waals surface area contributed by atoms with Crippen molar-refractivity contribution in [1.29, 1.82) is 0 Å². The summed E-state index contributed by atoms with van der Waals surface area (Å²) < 4.78 is 70.8. The topological polar surface area (TPSA) is 183 Å². The van der Waals surface area contributed by atoms with Gasteiger partial charge in [0, 0.05) is 38.3 Å². The van der Waals surface area contributed by atoms with Crippen molar-refractivity contribution in [2.45, 2.75) is 31.6 Å². The fourth-order valence-corrected chi connectivity index (χ4v) is 5.25. The van der Waals surface area contributed by atoms with Crippen molar-refractivity contribution in [2.24, 2.45) is 17.2 Å². The first kappa shape index (κ1) is 33.0. The summed E-state index contributed by atoms with van der Waals surface area (Å²) >= 11 is 0. The van der Waals surface area contributed by atoms with Gasteiger partial charge in [0.1, 0.15) is 11.8 Å². The number of alkyl halides is 3. The molecule has 0 fully saturated rings. The molecule has 2 amide bonds. The molecule has 2 aromatic carbocycles. The molecule has 0 bridgehead atoms. The van der Waals surface area contributed by atoms with Gasteiger partial charge in [-0.15, -0.1) is 0 Å². The number of anilines is 1. The Kier molecular flexibility index (Phi) is 12.3. The number of sulfonamides is 1. The Morgan fingerprint density at radius 1 is 0.975 bits per heavy atom. The van der Waals surface area contributed by atoms with E-state index < -0.39 is 51.4 Å². The molecule has 0 aliphatic carbocycles. The number of amides is 2. The summed E-state index contributed by atoms with van der Waals surface area (Å²) in [5, 5.41) is 5.06. The zero-order valence-electron chi connectivity index (χ0n) is 22.0. The monoisotopic (exact) mass is 588 g/mol. The zero-order valence-corrected chi connectivity index (χ0v) is 22.8. The van der Waals surface area contributed by atoms with Crippen LogP contribution in [0.3, 0.4) is 0 Å². The molecule has 2 aromatic rings. The van der Waals surface area contributed by atoms with Gasteiger partial charge in [-0.05, 0) is 48.9 Å². The molecule has 40 heavy (non-hydrogen) atoms. The van der Waals surface area contributed by atoms with E-state index in [9.17, 15) is 31.2 Å². The number of ether oxygens (including phenoxy) is 1. The van der Waals surface area contributed by atoms with Crippen molar-refractivity contribution in [1.82, 2.24) is 9.62 Å². The van der Waals surface area contributed by atoms with Gasteiger partial charge in [0.05, 0.1) is 24.0 Å². The van der Waals surface area contributed by atoms with Crippen LogP contribution < -0.4 is 32.6 Å². The van der Waals surface area contributed by atoms with E-state index in [1.807, 2.05) is 6.92 Å². The van der Waals surface area contributed by atoms with Crippen LogP contribution >= 0.6 is 0 Å². The average Bonchev–Trinajstić information content (AvgIpc) is 2.89. The number of nitrogens with two attached hydrogens (primary N) is 3. The van der Waals surface area contributed by atoms with Gasteiger partial charge >= 0.3 is 6.18 Å². The molecule has 0 radical (unpaired) electrons. The number of carbonyl (C=O) groups excluding carboxylic acids is 2. The Morgan fingerprint density at radius 2 is 1.55 bits per heavy atom. The number of carbonyl (C=O) groups is 2. The van der Waals surface area contributed by atoms with Crippen LogP contribution in [0.4, 0.5) is 18.9 Å². The van der Waals surface area contributed by atoms with E-state index in [0.29, 0.717) is 23.6 Å². The molecule has 0 aromatic heterocycles. The summed E-state index contributed by atoms with van der Waals surface area (Å²) in [5.41, 5.74) is 16.6. The minimum atomic E-state index is -4.54. The van der Waals surface area contributed by atoms with Gasteiger partial charge in [-0.1, -0.05) is 12.1 Å². The summed E-state index contributed by atoms with van der Waals surface area (Å²) in [7, 11) is -4.01. The van der Waals surface area contributed by atoms with Crippen molar-refractivity contribution in [3.63, 3.8) is 0 Å². The lowest BCUT2D eigenvalue weighted by atomic mass is 10.0. The molecule has 2 unspecified atom stereocenters. The lowest BCUT2D eigenvalue weighted by Crippen LogP contribution is -2.54. The van der Waals surface area contributed by atoms with Gasteiger partial charge in [0.2, 0.25) is 21.8 Å². The second-order valence-electron chi connectivity index (χ2n) is 8.77. The Morgan fingerprint density at radius 3 is 2.05 bits per heavy atom. The summed E-state index contributed by atoms with van der Waals surface area (Å²) in [6, 6.07) is 7.63. The first-order valence-electron chi connectivity index (χ1n) is 12.4. The molecule has 11 nitrogen and oxygen atoms in total. The highest BCUT2D eigenvalue weighted by Crippen LogP contribution is 2.29. The Labute approximate surface area is 231 Å². The van der Waals surface area contributed by atoms with Crippen molar-refractivity contribution in [2.75, 3.05) is 43.9 Å². The quantitative estimate of drug-likeness (QED) is 0.201. The van der Waals surface area contributed by atoms with Crippen LogP contribution in [0.25, 0.3) is 0 Å². The highest BCUT2D eigenvalue weighted by atomic mass is 32.2. The molecule has 2 atom stereocenters. The normalized spacial score (nSPS) is 13.5. The number of rotatable bonds is 15. The van der Waals surface area contributed by atoms with E-state index in [1.165, 1.54) is 12.1 Å². The molecule has 15 heteroatoms. The maximum Gasteiger partial charge on any atom is 0.416 e. The fourth-order valence-electron chi connectivity index (χ4n) is 3.67. The smallest absolute Gasteiger partial charge is 0.416 e. The van der Waals surface area contributed by atoms with Gasteiger partial charge in [-0.3, -0.25) is 9.59 Å². The highest BCUT2D eigenvalue weighted by molar-refractivity contribution is 7.89. The van der Waals surface area contributed by atoms with Crippen LogP contribution in [-0.4, -0.2) is 75.2 Å². The van der Waals surface area contributed by atoms with E-state index in [2.05, 4.69) is 10.6 Å². The van der Waals surface area contributed by atoms with E-state index in [-0.39, 0.29) is 32.6 Å². The third-order valence-corrected chi connectivity index (χ3v) is 7.60. The lowest BCUT2D eigenvalue weighted by molar-refractivity contribution is -0.137. The molecule has 0 saturated heterocycles. The molecular formula is C25H35F3N6O5S. The largest absolute Gasteiger partial charge is 0.494 e. The molecule has 8 N–H and O–H groups in total. The maximum atomic E-state index is 13.1. The molecule has 222 valence electrons. The Hall–Kier alpha value is -3.24. The Balaban J connectivity index is 2.23. The van der Waals surface area contributed by atoms with Crippen molar-refractivity contribution >= 4 is 27.5 Å². The van der Waals surface area contributed by atoms with Crippen molar-refractivity contribution < 1.29 is 35.9 Å². The summed E-state index contributed by atoms with van der Waals surface area (Å²) in [4.78, 5) is 26.0. The van der Waals surface area contributed by atoms with Crippen LogP contribution in [0.15, 0.2) is 48.5 Å². The molecule has 0 aliphatic heterocycles. The van der Waals surface area contributed by atoms with Crippen molar-refractivity contribution in [3.05, 3.63) is 59.7 Å². The Bertz CT molecular complexity index is 1200. The van der Waals surface area contributed by atoms with Gasteiger partial charge in [0.25, 0.3) is 0 Å². The molecule has 0 saturated carbocycles. The van der Waals surface area contributed by atoms with E-state index >= 15 is 0 Å². The SMILES string of the molecule is CCOc1ccc(NC(=O)C(Cc2ccc(C(F)(F)F)cc2)NC(=O)C(N)CS(=O)(=O)N(CCN)CCN)cc1. The zero-order chi connectivity index (χ0) is 29.9. The third-order valence-electron chi connectivity index (χ3n) is 5.66. The number of hydrogen-bond acceptors (Lipinski definition) is 8. The van der Waals surface area contributed by atoms with Gasteiger partial charge in [-0.2, -0.15) is 17.5 Å². The summed E-state index contributed by atoms with van der Waals surface area (Å²) in [6.07, 6.45) is -4.74. The van der Waals surface area contributed by atoms with E-state index in [1.54, 1.807) is 24.3 Å².